The number of carboxylic acid groups (broad SMARTS) is 1. The van der Waals surface area contributed by atoms with E-state index >= 15 is 0 Å². The molecule has 1 aliphatic heterocycles. The molecule has 1 aromatic heterocycles. The highest BCUT2D eigenvalue weighted by atomic mass is 16.4. The summed E-state index contributed by atoms with van der Waals surface area (Å²) in [6.45, 7) is 2.00. The van der Waals surface area contributed by atoms with Crippen LogP contribution in [0.2, 0.25) is 0 Å². The van der Waals surface area contributed by atoms with E-state index in [9.17, 15) is 4.79 Å². The van der Waals surface area contributed by atoms with E-state index in [1.165, 1.54) is 25.7 Å². The van der Waals surface area contributed by atoms with Crippen molar-refractivity contribution in [1.82, 2.24) is 4.98 Å². The van der Waals surface area contributed by atoms with E-state index in [4.69, 9.17) is 9.52 Å². The lowest BCUT2D eigenvalue weighted by Gasteiger charge is -2.37. The smallest absolute Gasteiger partial charge is 0.335 e. The van der Waals surface area contributed by atoms with Crippen molar-refractivity contribution in [2.75, 3.05) is 18.0 Å². The van der Waals surface area contributed by atoms with Crippen LogP contribution in [0.25, 0.3) is 11.1 Å². The lowest BCUT2D eigenvalue weighted by molar-refractivity contribution is 0.0697. The molecule has 1 saturated heterocycles. The number of aromatic carboxylic acids is 1. The van der Waals surface area contributed by atoms with Gasteiger partial charge in [-0.05, 0) is 42.9 Å². The molecule has 0 radical (unpaired) electrons. The zero-order chi connectivity index (χ0) is 13.7. The monoisotopic (exact) mass is 272 g/mol. The zero-order valence-electron chi connectivity index (χ0n) is 11.1. The molecule has 5 heteroatoms. The molecule has 2 aromatic rings. The Morgan fingerprint density at radius 1 is 1.35 bits per heavy atom. The summed E-state index contributed by atoms with van der Waals surface area (Å²) in [4.78, 5) is 17.6. The lowest BCUT2D eigenvalue weighted by Crippen LogP contribution is -2.33. The van der Waals surface area contributed by atoms with Crippen molar-refractivity contribution in [2.45, 2.75) is 25.7 Å². The van der Waals surface area contributed by atoms with Gasteiger partial charge in [-0.25, -0.2) is 4.79 Å². The van der Waals surface area contributed by atoms with Gasteiger partial charge in [0, 0.05) is 13.1 Å². The number of carboxylic acids is 1. The van der Waals surface area contributed by atoms with Gasteiger partial charge in [0.25, 0.3) is 6.01 Å². The van der Waals surface area contributed by atoms with E-state index in [1.54, 1.807) is 18.2 Å². The van der Waals surface area contributed by atoms with Crippen LogP contribution in [-0.2, 0) is 0 Å². The number of hydrogen-bond donors (Lipinski definition) is 1. The van der Waals surface area contributed by atoms with Crippen LogP contribution in [-0.4, -0.2) is 29.1 Å². The Morgan fingerprint density at radius 3 is 2.85 bits per heavy atom. The van der Waals surface area contributed by atoms with Crippen molar-refractivity contribution in [2.24, 2.45) is 5.41 Å². The topological polar surface area (TPSA) is 66.6 Å². The Bertz CT molecular complexity index is 687. The zero-order valence-corrected chi connectivity index (χ0v) is 11.1. The highest BCUT2D eigenvalue weighted by Crippen LogP contribution is 2.48. The number of aromatic nitrogens is 1. The fourth-order valence-corrected chi connectivity index (χ4v) is 3.36. The number of nitrogens with zero attached hydrogens (tertiary/aromatic N) is 2. The normalized spacial score (nSPS) is 20.5. The average Bonchev–Trinajstić information content (AvgIpc) is 3.01. The summed E-state index contributed by atoms with van der Waals surface area (Å²) in [5.74, 6) is -0.945. The Hall–Kier alpha value is -2.04. The number of benzene rings is 1. The Labute approximate surface area is 116 Å². The first-order valence-electron chi connectivity index (χ1n) is 7.04. The Morgan fingerprint density at radius 2 is 2.20 bits per heavy atom. The predicted molar refractivity (Wildman–Crippen MR) is 74.1 cm³/mol. The average molecular weight is 272 g/mol. The van der Waals surface area contributed by atoms with Gasteiger partial charge in [-0.1, -0.05) is 6.42 Å². The fraction of sp³-hybridized carbons (Fsp3) is 0.467. The second kappa shape index (κ2) is 3.98. The predicted octanol–water partition coefficient (Wildman–Crippen LogP) is 2.91. The maximum absolute atomic E-state index is 11.0. The summed E-state index contributed by atoms with van der Waals surface area (Å²) in [6.07, 6.45) is 5.18. The highest BCUT2D eigenvalue weighted by molar-refractivity contribution is 5.92. The quantitative estimate of drug-likeness (QED) is 0.910. The van der Waals surface area contributed by atoms with E-state index in [-0.39, 0.29) is 5.56 Å². The minimum atomic E-state index is -0.945. The third kappa shape index (κ3) is 1.69. The van der Waals surface area contributed by atoms with Gasteiger partial charge in [0.1, 0.15) is 5.52 Å². The van der Waals surface area contributed by atoms with E-state index in [1.807, 2.05) is 0 Å². The number of carbonyl (C=O) groups is 1. The second-order valence-electron chi connectivity index (χ2n) is 6.01. The van der Waals surface area contributed by atoms with E-state index in [0.717, 1.165) is 18.6 Å². The minimum absolute atomic E-state index is 0.233. The third-order valence-electron chi connectivity index (χ3n) is 4.75. The van der Waals surface area contributed by atoms with Crippen molar-refractivity contribution < 1.29 is 14.3 Å². The first kappa shape index (κ1) is 11.8. The van der Waals surface area contributed by atoms with Gasteiger partial charge in [0.2, 0.25) is 0 Å². The molecule has 2 aliphatic rings. The number of anilines is 1. The van der Waals surface area contributed by atoms with Crippen LogP contribution in [0.15, 0.2) is 22.6 Å². The van der Waals surface area contributed by atoms with Crippen molar-refractivity contribution in [3.63, 3.8) is 0 Å². The van der Waals surface area contributed by atoms with Crippen molar-refractivity contribution in [3.8, 4) is 0 Å². The van der Waals surface area contributed by atoms with Crippen LogP contribution in [0.3, 0.4) is 0 Å². The van der Waals surface area contributed by atoms with Crippen LogP contribution in [0.5, 0.6) is 0 Å². The molecule has 0 atom stereocenters. The van der Waals surface area contributed by atoms with Gasteiger partial charge >= 0.3 is 5.97 Å². The molecule has 2 fully saturated rings. The first-order valence-corrected chi connectivity index (χ1v) is 7.04. The largest absolute Gasteiger partial charge is 0.478 e. The molecule has 1 N–H and O–H groups in total. The number of rotatable bonds is 2. The number of oxazole rings is 1. The fourth-order valence-electron chi connectivity index (χ4n) is 3.36. The molecule has 104 valence electrons. The second-order valence-corrected chi connectivity index (χ2v) is 6.01. The SMILES string of the molecule is O=C(O)c1ccc2nc(N3CCC4(CCC4)C3)oc2c1. The molecule has 1 aromatic carbocycles. The van der Waals surface area contributed by atoms with Crippen molar-refractivity contribution in [1.29, 1.82) is 0 Å². The summed E-state index contributed by atoms with van der Waals surface area (Å²) in [5, 5.41) is 9.00. The van der Waals surface area contributed by atoms with Gasteiger partial charge in [-0.2, -0.15) is 4.98 Å². The van der Waals surface area contributed by atoms with Crippen LogP contribution < -0.4 is 4.90 Å². The minimum Gasteiger partial charge on any atom is -0.478 e. The van der Waals surface area contributed by atoms with Gasteiger partial charge in [-0.15, -0.1) is 0 Å². The first-order chi connectivity index (χ1) is 9.65. The molecule has 20 heavy (non-hydrogen) atoms. The molecule has 0 amide bonds. The third-order valence-corrected chi connectivity index (χ3v) is 4.75. The molecule has 1 saturated carbocycles. The Kier molecular flexibility index (Phi) is 2.34. The Balaban J connectivity index is 1.65. The van der Waals surface area contributed by atoms with Gasteiger partial charge in [0.05, 0.1) is 5.56 Å². The number of hydrogen-bond acceptors (Lipinski definition) is 4. The molecule has 2 heterocycles. The summed E-state index contributed by atoms with van der Waals surface area (Å²) >= 11 is 0. The molecule has 4 rings (SSSR count). The molecular weight excluding hydrogens is 256 g/mol. The molecular formula is C15H16N2O3. The summed E-state index contributed by atoms with van der Waals surface area (Å²) < 4.78 is 5.76. The van der Waals surface area contributed by atoms with Gasteiger partial charge in [0.15, 0.2) is 5.58 Å². The molecule has 1 aliphatic carbocycles. The summed E-state index contributed by atoms with van der Waals surface area (Å²) in [5.41, 5.74) is 2.00. The van der Waals surface area contributed by atoms with Crippen molar-refractivity contribution in [3.05, 3.63) is 23.8 Å². The number of fused-ring (bicyclic) bond motifs is 1. The highest BCUT2D eigenvalue weighted by Gasteiger charge is 2.43. The molecule has 5 nitrogen and oxygen atoms in total. The van der Waals surface area contributed by atoms with Crippen LogP contribution in [0.1, 0.15) is 36.0 Å². The van der Waals surface area contributed by atoms with E-state index in [2.05, 4.69) is 9.88 Å². The van der Waals surface area contributed by atoms with Crippen molar-refractivity contribution >= 4 is 23.1 Å². The molecule has 0 bridgehead atoms. The van der Waals surface area contributed by atoms with Crippen LogP contribution in [0, 0.1) is 5.41 Å². The summed E-state index contributed by atoms with van der Waals surface area (Å²) in [6, 6.07) is 5.45. The lowest BCUT2D eigenvalue weighted by atomic mass is 9.68. The maximum Gasteiger partial charge on any atom is 0.335 e. The summed E-state index contributed by atoms with van der Waals surface area (Å²) in [7, 11) is 0. The van der Waals surface area contributed by atoms with Gasteiger partial charge < -0.3 is 14.4 Å². The standard InChI is InChI=1S/C15H16N2O3/c18-13(19)10-2-3-11-12(8-10)20-14(16-11)17-7-6-15(9-17)4-1-5-15/h2-3,8H,1,4-7,9H2,(H,18,19). The van der Waals surface area contributed by atoms with Crippen LogP contribution >= 0.6 is 0 Å². The van der Waals surface area contributed by atoms with Gasteiger partial charge in [-0.3, -0.25) is 0 Å². The van der Waals surface area contributed by atoms with E-state index < -0.39 is 5.97 Å². The van der Waals surface area contributed by atoms with E-state index in [0.29, 0.717) is 17.0 Å². The maximum atomic E-state index is 11.0. The van der Waals surface area contributed by atoms with Crippen LogP contribution in [0.4, 0.5) is 6.01 Å². The molecule has 0 unspecified atom stereocenters. The molecule has 1 spiro atoms.